The van der Waals surface area contributed by atoms with Crippen LogP contribution in [0.5, 0.6) is 5.75 Å². The number of benzene rings is 3. The molecule has 0 aliphatic rings. The zero-order valence-corrected chi connectivity index (χ0v) is 15.2. The van der Waals surface area contributed by atoms with E-state index in [1.54, 1.807) is 24.3 Å². The standard InChI is InChI=1S/C21H14ClF3N2O/c22-16-8-11-19-18(12-16)26-20(15-4-2-1-3-5-15)27(19)13-14-6-9-17(10-7-14)28-21(23,24)25/h1-12H,13H2. The third-order valence-electron chi connectivity index (χ3n) is 4.24. The summed E-state index contributed by atoms with van der Waals surface area (Å²) >= 11 is 6.10. The summed E-state index contributed by atoms with van der Waals surface area (Å²) in [7, 11) is 0. The molecule has 0 saturated heterocycles. The fourth-order valence-corrected chi connectivity index (χ4v) is 3.22. The summed E-state index contributed by atoms with van der Waals surface area (Å²) in [5, 5.41) is 0.588. The fraction of sp³-hybridized carbons (Fsp3) is 0.0952. The van der Waals surface area contributed by atoms with Crippen LogP contribution in [0.15, 0.2) is 72.8 Å². The minimum atomic E-state index is -4.71. The second kappa shape index (κ2) is 7.20. The van der Waals surface area contributed by atoms with Gasteiger partial charge in [-0.25, -0.2) is 4.98 Å². The minimum Gasteiger partial charge on any atom is -0.406 e. The van der Waals surface area contributed by atoms with Gasteiger partial charge in [0.2, 0.25) is 0 Å². The average Bonchev–Trinajstić information content (AvgIpc) is 3.00. The fourth-order valence-electron chi connectivity index (χ4n) is 3.05. The van der Waals surface area contributed by atoms with Crippen LogP contribution in [0.3, 0.4) is 0 Å². The highest BCUT2D eigenvalue weighted by Gasteiger charge is 2.30. The van der Waals surface area contributed by atoms with Crippen LogP contribution >= 0.6 is 11.6 Å². The molecule has 1 aromatic heterocycles. The topological polar surface area (TPSA) is 27.1 Å². The van der Waals surface area contributed by atoms with E-state index in [4.69, 9.17) is 16.6 Å². The first-order valence-corrected chi connectivity index (χ1v) is 8.83. The molecule has 4 rings (SSSR count). The van der Waals surface area contributed by atoms with Crippen molar-refractivity contribution in [2.45, 2.75) is 12.9 Å². The van der Waals surface area contributed by atoms with E-state index in [1.165, 1.54) is 12.1 Å². The molecule has 0 spiro atoms. The quantitative estimate of drug-likeness (QED) is 0.400. The van der Waals surface area contributed by atoms with Gasteiger partial charge in [-0.1, -0.05) is 54.1 Å². The Bertz CT molecular complexity index is 1110. The molecule has 1 heterocycles. The summed E-state index contributed by atoms with van der Waals surface area (Å²) in [6.07, 6.45) is -4.71. The molecule has 28 heavy (non-hydrogen) atoms. The Hall–Kier alpha value is -2.99. The summed E-state index contributed by atoms with van der Waals surface area (Å²) in [6.45, 7) is 0.439. The Morgan fingerprint density at radius 3 is 2.32 bits per heavy atom. The van der Waals surface area contributed by atoms with Gasteiger partial charge in [0.15, 0.2) is 0 Å². The molecular formula is C21H14ClF3N2O. The molecule has 0 unspecified atom stereocenters. The van der Waals surface area contributed by atoms with Gasteiger partial charge in [-0.2, -0.15) is 0 Å². The van der Waals surface area contributed by atoms with Crippen LogP contribution in [-0.4, -0.2) is 15.9 Å². The lowest BCUT2D eigenvalue weighted by atomic mass is 10.2. The number of aromatic nitrogens is 2. The van der Waals surface area contributed by atoms with Crippen LogP contribution < -0.4 is 4.74 Å². The molecule has 142 valence electrons. The van der Waals surface area contributed by atoms with Gasteiger partial charge in [0.25, 0.3) is 0 Å². The van der Waals surface area contributed by atoms with Crippen molar-refractivity contribution in [1.82, 2.24) is 9.55 Å². The lowest BCUT2D eigenvalue weighted by Gasteiger charge is -2.12. The summed E-state index contributed by atoms with van der Waals surface area (Å²) in [4.78, 5) is 4.71. The SMILES string of the molecule is FC(F)(F)Oc1ccc(Cn2c(-c3ccccc3)nc3cc(Cl)ccc32)cc1. The number of nitrogens with zero attached hydrogens (tertiary/aromatic N) is 2. The predicted molar refractivity (Wildman–Crippen MR) is 102 cm³/mol. The van der Waals surface area contributed by atoms with Crippen LogP contribution in [0, 0.1) is 0 Å². The van der Waals surface area contributed by atoms with E-state index in [2.05, 4.69) is 4.74 Å². The Morgan fingerprint density at radius 1 is 0.929 bits per heavy atom. The Labute approximate surface area is 164 Å². The van der Waals surface area contributed by atoms with Gasteiger partial charge in [-0.3, -0.25) is 0 Å². The van der Waals surface area contributed by atoms with Crippen LogP contribution in [0.4, 0.5) is 13.2 Å². The normalized spacial score (nSPS) is 11.7. The van der Waals surface area contributed by atoms with Crippen LogP contribution in [0.25, 0.3) is 22.4 Å². The summed E-state index contributed by atoms with van der Waals surface area (Å²) in [5.41, 5.74) is 3.40. The van der Waals surface area contributed by atoms with Crippen molar-refractivity contribution in [1.29, 1.82) is 0 Å². The molecule has 0 aliphatic carbocycles. The number of hydrogen-bond acceptors (Lipinski definition) is 2. The molecule has 0 saturated carbocycles. The number of alkyl halides is 3. The molecule has 3 nitrogen and oxygen atoms in total. The van der Waals surface area contributed by atoms with Gasteiger partial charge in [0, 0.05) is 17.1 Å². The van der Waals surface area contributed by atoms with Crippen molar-refractivity contribution in [2.75, 3.05) is 0 Å². The maximum absolute atomic E-state index is 12.3. The van der Waals surface area contributed by atoms with Gasteiger partial charge in [-0.05, 0) is 35.9 Å². The van der Waals surface area contributed by atoms with Crippen molar-refractivity contribution in [3.8, 4) is 17.1 Å². The number of rotatable bonds is 4. The van der Waals surface area contributed by atoms with E-state index in [1.807, 2.05) is 41.0 Å². The van der Waals surface area contributed by atoms with E-state index in [-0.39, 0.29) is 5.75 Å². The number of hydrogen-bond donors (Lipinski definition) is 0. The Balaban J connectivity index is 1.73. The molecule has 0 atom stereocenters. The number of halogens is 4. The Morgan fingerprint density at radius 2 is 1.64 bits per heavy atom. The molecule has 0 amide bonds. The van der Waals surface area contributed by atoms with E-state index in [9.17, 15) is 13.2 Å². The first kappa shape index (κ1) is 18.4. The minimum absolute atomic E-state index is 0.248. The molecule has 0 radical (unpaired) electrons. The van der Waals surface area contributed by atoms with Crippen molar-refractivity contribution < 1.29 is 17.9 Å². The summed E-state index contributed by atoms with van der Waals surface area (Å²) in [5.74, 6) is 0.510. The first-order chi connectivity index (χ1) is 13.4. The molecule has 0 bridgehead atoms. The lowest BCUT2D eigenvalue weighted by molar-refractivity contribution is -0.274. The van der Waals surface area contributed by atoms with Crippen LogP contribution in [-0.2, 0) is 6.54 Å². The molecular weight excluding hydrogens is 389 g/mol. The van der Waals surface area contributed by atoms with Crippen molar-refractivity contribution in [2.24, 2.45) is 0 Å². The first-order valence-electron chi connectivity index (χ1n) is 8.45. The molecule has 3 aromatic carbocycles. The number of ether oxygens (including phenoxy) is 1. The highest BCUT2D eigenvalue weighted by atomic mass is 35.5. The Kier molecular flexibility index (Phi) is 4.73. The van der Waals surface area contributed by atoms with Gasteiger partial charge in [0.1, 0.15) is 11.6 Å². The molecule has 0 N–H and O–H groups in total. The van der Waals surface area contributed by atoms with Gasteiger partial charge >= 0.3 is 6.36 Å². The van der Waals surface area contributed by atoms with Crippen LogP contribution in [0.2, 0.25) is 5.02 Å². The average molecular weight is 403 g/mol. The molecule has 0 aliphatic heterocycles. The third-order valence-corrected chi connectivity index (χ3v) is 4.47. The maximum atomic E-state index is 12.3. The van der Waals surface area contributed by atoms with Crippen LogP contribution in [0.1, 0.15) is 5.56 Å². The van der Waals surface area contributed by atoms with Gasteiger partial charge in [0.05, 0.1) is 11.0 Å². The van der Waals surface area contributed by atoms with E-state index in [0.717, 1.165) is 28.0 Å². The smallest absolute Gasteiger partial charge is 0.406 e. The summed E-state index contributed by atoms with van der Waals surface area (Å²) < 4.78 is 43.0. The number of imidazole rings is 1. The molecule has 0 fully saturated rings. The van der Waals surface area contributed by atoms with Crippen molar-refractivity contribution in [3.63, 3.8) is 0 Å². The van der Waals surface area contributed by atoms with Gasteiger partial charge in [-0.15, -0.1) is 13.2 Å². The highest BCUT2D eigenvalue weighted by molar-refractivity contribution is 6.31. The zero-order chi connectivity index (χ0) is 19.7. The zero-order valence-electron chi connectivity index (χ0n) is 14.4. The van der Waals surface area contributed by atoms with E-state index < -0.39 is 6.36 Å². The molecule has 4 aromatic rings. The summed E-state index contributed by atoms with van der Waals surface area (Å²) in [6, 6.07) is 21.0. The van der Waals surface area contributed by atoms with E-state index in [0.29, 0.717) is 11.6 Å². The monoisotopic (exact) mass is 402 g/mol. The van der Waals surface area contributed by atoms with Gasteiger partial charge < -0.3 is 9.30 Å². The maximum Gasteiger partial charge on any atom is 0.573 e. The largest absolute Gasteiger partial charge is 0.573 e. The highest BCUT2D eigenvalue weighted by Crippen LogP contribution is 2.28. The van der Waals surface area contributed by atoms with Crippen molar-refractivity contribution >= 4 is 22.6 Å². The van der Waals surface area contributed by atoms with E-state index >= 15 is 0 Å². The number of fused-ring (bicyclic) bond motifs is 1. The predicted octanol–water partition coefficient (Wildman–Crippen LogP) is 6.30. The third kappa shape index (κ3) is 3.97. The van der Waals surface area contributed by atoms with Crippen molar-refractivity contribution in [3.05, 3.63) is 83.4 Å². The second-order valence-electron chi connectivity index (χ2n) is 6.21. The second-order valence-corrected chi connectivity index (χ2v) is 6.65. The molecule has 7 heteroatoms. The lowest BCUT2D eigenvalue weighted by Crippen LogP contribution is -2.17.